The van der Waals surface area contributed by atoms with Gasteiger partial charge in [0.2, 0.25) is 0 Å². The summed E-state index contributed by atoms with van der Waals surface area (Å²) in [7, 11) is 3.14. The first-order valence-corrected chi connectivity index (χ1v) is 6.95. The van der Waals surface area contributed by atoms with Crippen molar-refractivity contribution < 1.29 is 38.3 Å². The summed E-state index contributed by atoms with van der Waals surface area (Å²) in [6.45, 7) is 1.60. The van der Waals surface area contributed by atoms with Gasteiger partial charge in [-0.3, -0.25) is 0 Å². The molecule has 0 heterocycles. The summed E-state index contributed by atoms with van der Waals surface area (Å²) in [4.78, 5) is 11.0. The van der Waals surface area contributed by atoms with Gasteiger partial charge in [0.05, 0.1) is 32.0 Å². The van der Waals surface area contributed by atoms with Crippen molar-refractivity contribution in [3.8, 4) is 11.5 Å². The molecule has 8 heteroatoms. The van der Waals surface area contributed by atoms with Gasteiger partial charge >= 0.3 is 5.97 Å². The first-order chi connectivity index (χ1) is 11.2. The number of benzene rings is 1. The highest BCUT2D eigenvalue weighted by Gasteiger charge is 2.11. The predicted molar refractivity (Wildman–Crippen MR) is 80.0 cm³/mol. The van der Waals surface area contributed by atoms with Crippen molar-refractivity contribution in [2.45, 2.75) is 0 Å². The third-order valence-corrected chi connectivity index (χ3v) is 2.65. The van der Waals surface area contributed by atoms with Crippen molar-refractivity contribution in [1.82, 2.24) is 0 Å². The van der Waals surface area contributed by atoms with Crippen LogP contribution in [0.4, 0.5) is 0 Å². The van der Waals surface area contributed by atoms with Crippen LogP contribution in [0.2, 0.25) is 0 Å². The van der Waals surface area contributed by atoms with Gasteiger partial charge in [0.1, 0.15) is 0 Å². The van der Waals surface area contributed by atoms with Gasteiger partial charge in [0, 0.05) is 14.2 Å². The van der Waals surface area contributed by atoms with Crippen LogP contribution in [0.25, 0.3) is 0 Å². The topological polar surface area (TPSA) is 92.7 Å². The minimum absolute atomic E-state index is 0.00330. The number of hydrogen-bond donors (Lipinski definition) is 1. The van der Waals surface area contributed by atoms with Crippen LogP contribution in [0.3, 0.4) is 0 Å². The second-order valence-electron chi connectivity index (χ2n) is 4.29. The number of aromatic carboxylic acids is 1. The molecule has 1 rings (SSSR count). The molecule has 130 valence electrons. The van der Waals surface area contributed by atoms with Crippen LogP contribution in [0.1, 0.15) is 10.4 Å². The Kier molecular flexibility index (Phi) is 9.73. The van der Waals surface area contributed by atoms with Crippen LogP contribution in [0.15, 0.2) is 18.2 Å². The Morgan fingerprint density at radius 1 is 0.913 bits per heavy atom. The molecule has 0 fully saturated rings. The van der Waals surface area contributed by atoms with E-state index in [2.05, 4.69) is 0 Å². The Morgan fingerprint density at radius 2 is 1.48 bits per heavy atom. The molecule has 8 nitrogen and oxygen atoms in total. The maximum Gasteiger partial charge on any atom is 0.335 e. The van der Waals surface area contributed by atoms with E-state index in [0.29, 0.717) is 32.2 Å². The lowest BCUT2D eigenvalue weighted by atomic mass is 10.2. The highest BCUT2D eigenvalue weighted by Crippen LogP contribution is 2.28. The summed E-state index contributed by atoms with van der Waals surface area (Å²) in [5.74, 6) is -0.432. The zero-order chi connectivity index (χ0) is 16.9. The van der Waals surface area contributed by atoms with Gasteiger partial charge in [-0.1, -0.05) is 0 Å². The molecule has 0 spiro atoms. The molecular formula is C15H22O8. The number of methoxy groups -OCH3 is 2. The van der Waals surface area contributed by atoms with E-state index in [0.717, 1.165) is 0 Å². The maximum atomic E-state index is 11.0. The highest BCUT2D eigenvalue weighted by atomic mass is 16.7. The van der Waals surface area contributed by atoms with Gasteiger partial charge in [-0.25, -0.2) is 4.79 Å². The van der Waals surface area contributed by atoms with Crippen molar-refractivity contribution in [3.05, 3.63) is 23.8 Å². The van der Waals surface area contributed by atoms with Gasteiger partial charge in [-0.05, 0) is 18.2 Å². The summed E-state index contributed by atoms with van der Waals surface area (Å²) < 4.78 is 30.9. The minimum atomic E-state index is -1.06. The van der Waals surface area contributed by atoms with Crippen molar-refractivity contribution in [3.63, 3.8) is 0 Å². The number of carboxylic acid groups (broad SMARTS) is 1. The summed E-state index contributed by atoms with van der Waals surface area (Å²) >= 11 is 0. The molecule has 0 aliphatic carbocycles. The molecular weight excluding hydrogens is 308 g/mol. The molecule has 0 unspecified atom stereocenters. The number of ether oxygens (including phenoxy) is 6. The normalized spacial score (nSPS) is 10.5. The van der Waals surface area contributed by atoms with E-state index >= 15 is 0 Å². The number of rotatable bonds is 13. The molecule has 0 radical (unpaired) electrons. The second-order valence-corrected chi connectivity index (χ2v) is 4.29. The smallest absolute Gasteiger partial charge is 0.335 e. The van der Waals surface area contributed by atoms with Crippen molar-refractivity contribution in [2.24, 2.45) is 0 Å². The maximum absolute atomic E-state index is 11.0. The molecule has 0 aliphatic rings. The van der Waals surface area contributed by atoms with E-state index in [-0.39, 0.29) is 24.9 Å². The number of carbonyl (C=O) groups is 1. The lowest BCUT2D eigenvalue weighted by molar-refractivity contribution is -0.0207. The SMILES string of the molecule is COCCOCOc1ccc(C(=O)O)cc1OCOCCOC. The van der Waals surface area contributed by atoms with E-state index in [4.69, 9.17) is 33.5 Å². The average Bonchev–Trinajstić information content (AvgIpc) is 2.55. The summed E-state index contributed by atoms with van der Waals surface area (Å²) in [6, 6.07) is 4.30. The van der Waals surface area contributed by atoms with Crippen LogP contribution < -0.4 is 9.47 Å². The number of hydrogen-bond acceptors (Lipinski definition) is 7. The lowest BCUT2D eigenvalue weighted by Gasteiger charge is -2.13. The second kappa shape index (κ2) is 11.7. The van der Waals surface area contributed by atoms with E-state index in [9.17, 15) is 4.79 Å². The fraction of sp³-hybridized carbons (Fsp3) is 0.533. The van der Waals surface area contributed by atoms with E-state index < -0.39 is 5.97 Å². The molecule has 0 aromatic heterocycles. The average molecular weight is 330 g/mol. The molecule has 1 aromatic rings. The Hall–Kier alpha value is -1.87. The fourth-order valence-corrected chi connectivity index (χ4v) is 1.49. The third-order valence-electron chi connectivity index (χ3n) is 2.65. The van der Waals surface area contributed by atoms with Crippen molar-refractivity contribution >= 4 is 5.97 Å². The summed E-state index contributed by atoms with van der Waals surface area (Å²) in [5.41, 5.74) is 0.0875. The molecule has 23 heavy (non-hydrogen) atoms. The number of carboxylic acids is 1. The van der Waals surface area contributed by atoms with Gasteiger partial charge < -0.3 is 33.5 Å². The fourth-order valence-electron chi connectivity index (χ4n) is 1.49. The highest BCUT2D eigenvalue weighted by molar-refractivity contribution is 5.88. The van der Waals surface area contributed by atoms with Crippen LogP contribution in [-0.2, 0) is 18.9 Å². The van der Waals surface area contributed by atoms with Gasteiger partial charge in [0.15, 0.2) is 25.1 Å². The van der Waals surface area contributed by atoms with Gasteiger partial charge in [-0.2, -0.15) is 0 Å². The predicted octanol–water partition coefficient (Wildman–Crippen LogP) is 1.38. The zero-order valence-electron chi connectivity index (χ0n) is 13.3. The Balaban J connectivity index is 2.57. The van der Waals surface area contributed by atoms with E-state index in [1.54, 1.807) is 14.2 Å². The molecule has 0 aliphatic heterocycles. The monoisotopic (exact) mass is 330 g/mol. The molecule has 0 atom stereocenters. The van der Waals surface area contributed by atoms with Gasteiger partial charge in [0.25, 0.3) is 0 Å². The third kappa shape index (κ3) is 7.80. The van der Waals surface area contributed by atoms with Crippen LogP contribution in [-0.4, -0.2) is 65.3 Å². The molecule has 0 amide bonds. The van der Waals surface area contributed by atoms with Crippen molar-refractivity contribution in [2.75, 3.05) is 54.2 Å². The Bertz CT molecular complexity index is 463. The molecule has 1 N–H and O–H groups in total. The molecule has 0 saturated heterocycles. The minimum Gasteiger partial charge on any atom is -0.478 e. The standard InChI is InChI=1S/C15H22O8/c1-18-5-7-20-10-22-13-4-3-12(15(16)17)9-14(13)23-11-21-8-6-19-2/h3-4,9H,5-8,10-11H2,1-2H3,(H,16,17). The van der Waals surface area contributed by atoms with E-state index in [1.165, 1.54) is 18.2 Å². The largest absolute Gasteiger partial charge is 0.478 e. The molecule has 1 aromatic carbocycles. The van der Waals surface area contributed by atoms with Crippen LogP contribution >= 0.6 is 0 Å². The quantitative estimate of drug-likeness (QED) is 0.428. The summed E-state index contributed by atoms with van der Waals surface area (Å²) in [6.07, 6.45) is 0. The van der Waals surface area contributed by atoms with Gasteiger partial charge in [-0.15, -0.1) is 0 Å². The first-order valence-electron chi connectivity index (χ1n) is 6.95. The Morgan fingerprint density at radius 3 is 2.00 bits per heavy atom. The molecule has 0 bridgehead atoms. The van der Waals surface area contributed by atoms with Crippen LogP contribution in [0.5, 0.6) is 11.5 Å². The molecule has 0 saturated carbocycles. The van der Waals surface area contributed by atoms with Crippen LogP contribution in [0, 0.1) is 0 Å². The lowest BCUT2D eigenvalue weighted by Crippen LogP contribution is -2.11. The van der Waals surface area contributed by atoms with Crippen molar-refractivity contribution in [1.29, 1.82) is 0 Å². The summed E-state index contributed by atoms with van der Waals surface area (Å²) in [5, 5.41) is 9.03. The van der Waals surface area contributed by atoms with E-state index in [1.807, 2.05) is 0 Å². The zero-order valence-corrected chi connectivity index (χ0v) is 13.3. The first kappa shape index (κ1) is 19.2. The Labute approximate surface area is 134 Å².